The summed E-state index contributed by atoms with van der Waals surface area (Å²) in [5, 5.41) is 36.7. The number of aliphatic carboxylic acids is 2. The number of carbonyl (C=O) groups excluding carboxylic acids is 8. The maximum absolute atomic E-state index is 13.3. The fourth-order valence-corrected chi connectivity index (χ4v) is 4.75. The van der Waals surface area contributed by atoms with Gasteiger partial charge in [0.1, 0.15) is 30.7 Å². The van der Waals surface area contributed by atoms with Crippen molar-refractivity contribution >= 4 is 59.2 Å². The fourth-order valence-electron chi connectivity index (χ4n) is 4.75. The number of carboxylic acid groups (broad SMARTS) is 2. The molecule has 0 aromatic heterocycles. The van der Waals surface area contributed by atoms with Gasteiger partial charge < -0.3 is 58.5 Å². The first-order chi connectivity index (χ1) is 25.8. The predicted molar refractivity (Wildman–Crippen MR) is 193 cm³/mol. The van der Waals surface area contributed by atoms with E-state index in [2.05, 4.69) is 42.5 Å². The summed E-state index contributed by atoms with van der Waals surface area (Å²) >= 11 is 0. The molecular weight excluding hydrogens is 726 g/mol. The highest BCUT2D eigenvalue weighted by Gasteiger charge is 2.32. The van der Waals surface area contributed by atoms with Crippen LogP contribution < -0.4 is 48.3 Å². The van der Waals surface area contributed by atoms with Crippen LogP contribution in [-0.4, -0.2) is 126 Å². The van der Waals surface area contributed by atoms with E-state index in [1.807, 2.05) is 0 Å². The van der Waals surface area contributed by atoms with Crippen LogP contribution in [0.2, 0.25) is 0 Å². The third kappa shape index (κ3) is 19.5. The topological polar surface area (TPSA) is 333 Å². The number of nitrogens with one attached hydrogen (secondary N) is 8. The summed E-state index contributed by atoms with van der Waals surface area (Å²) < 4.78 is 0. The highest BCUT2D eigenvalue weighted by molar-refractivity contribution is 5.97. The molecule has 21 nitrogen and oxygen atoms in total. The average Bonchev–Trinajstić information content (AvgIpc) is 3.12. The van der Waals surface area contributed by atoms with Crippen LogP contribution in [0, 0.1) is 11.8 Å². The molecule has 0 aliphatic heterocycles. The molecule has 0 heterocycles. The number of benzene rings is 1. The molecule has 0 saturated carbocycles. The zero-order chi connectivity index (χ0) is 41.7. The molecule has 1 aromatic carbocycles. The second-order valence-electron chi connectivity index (χ2n) is 13.0. The lowest BCUT2D eigenvalue weighted by atomic mass is 10.0. The summed E-state index contributed by atoms with van der Waals surface area (Å²) in [4.78, 5) is 123. The van der Waals surface area contributed by atoms with E-state index >= 15 is 0 Å². The van der Waals surface area contributed by atoms with Gasteiger partial charge in [0, 0.05) is 6.42 Å². The smallest absolute Gasteiger partial charge is 0.322 e. The molecule has 8 amide bonds. The Labute approximate surface area is 317 Å². The quantitative estimate of drug-likeness (QED) is 0.0476. The van der Waals surface area contributed by atoms with Gasteiger partial charge in [-0.25, -0.2) is 0 Å². The van der Waals surface area contributed by atoms with Crippen molar-refractivity contribution in [2.45, 2.75) is 71.1 Å². The lowest BCUT2D eigenvalue weighted by molar-refractivity contribution is -0.141. The summed E-state index contributed by atoms with van der Waals surface area (Å²) in [5.41, 5.74) is 6.04. The van der Waals surface area contributed by atoms with Gasteiger partial charge in [0.2, 0.25) is 47.3 Å². The highest BCUT2D eigenvalue weighted by atomic mass is 16.4. The summed E-state index contributed by atoms with van der Waals surface area (Å²) in [5.74, 6) is -9.83. The molecule has 12 N–H and O–H groups in total. The molecule has 55 heavy (non-hydrogen) atoms. The second kappa shape index (κ2) is 24.2. The zero-order valence-electron chi connectivity index (χ0n) is 31.1. The monoisotopic (exact) mass is 777 g/mol. The van der Waals surface area contributed by atoms with Crippen LogP contribution in [0.4, 0.5) is 0 Å². The van der Waals surface area contributed by atoms with Gasteiger partial charge in [-0.2, -0.15) is 0 Å². The molecule has 4 atom stereocenters. The minimum atomic E-state index is -1.67. The van der Waals surface area contributed by atoms with E-state index in [-0.39, 0.29) is 18.8 Å². The third-order valence-electron chi connectivity index (χ3n) is 7.47. The van der Waals surface area contributed by atoms with E-state index in [0.717, 1.165) is 0 Å². The molecule has 0 unspecified atom stereocenters. The Bertz CT molecular complexity index is 1540. The molecular formula is C34H51N9O12. The average molecular weight is 778 g/mol. The van der Waals surface area contributed by atoms with E-state index in [4.69, 9.17) is 10.8 Å². The number of hydrogen-bond acceptors (Lipinski definition) is 11. The van der Waals surface area contributed by atoms with Crippen LogP contribution in [-0.2, 0) is 54.4 Å². The molecule has 0 spiro atoms. The lowest BCUT2D eigenvalue weighted by Crippen LogP contribution is -2.58. The van der Waals surface area contributed by atoms with E-state index in [1.54, 1.807) is 58.0 Å². The van der Waals surface area contributed by atoms with Crippen molar-refractivity contribution < 1.29 is 58.2 Å². The number of carbonyl (C=O) groups is 10. The Kier molecular flexibility index (Phi) is 20.7. The summed E-state index contributed by atoms with van der Waals surface area (Å²) in [6.07, 6.45) is -0.837. The molecule has 0 aliphatic carbocycles. The minimum absolute atomic E-state index is 0.00631. The van der Waals surface area contributed by atoms with Crippen LogP contribution in [0.3, 0.4) is 0 Å². The first-order valence-electron chi connectivity index (χ1n) is 17.3. The second-order valence-corrected chi connectivity index (χ2v) is 13.0. The third-order valence-corrected chi connectivity index (χ3v) is 7.47. The van der Waals surface area contributed by atoms with Crippen molar-refractivity contribution in [3.63, 3.8) is 0 Å². The molecule has 0 radical (unpaired) electrons. The van der Waals surface area contributed by atoms with Crippen molar-refractivity contribution in [2.75, 3.05) is 32.7 Å². The van der Waals surface area contributed by atoms with Gasteiger partial charge in [-0.3, -0.25) is 47.9 Å². The van der Waals surface area contributed by atoms with Gasteiger partial charge in [0.15, 0.2) is 0 Å². The molecule has 21 heteroatoms. The summed E-state index contributed by atoms with van der Waals surface area (Å²) in [6, 6.07) is 3.31. The Hall–Kier alpha value is -6.12. The van der Waals surface area contributed by atoms with Crippen molar-refractivity contribution in [1.82, 2.24) is 42.5 Å². The number of rotatable bonds is 24. The first-order valence-corrected chi connectivity index (χ1v) is 17.3. The van der Waals surface area contributed by atoms with Crippen LogP contribution >= 0.6 is 0 Å². The van der Waals surface area contributed by atoms with Crippen molar-refractivity contribution in [2.24, 2.45) is 17.6 Å². The Morgan fingerprint density at radius 1 is 0.564 bits per heavy atom. The van der Waals surface area contributed by atoms with E-state index in [1.165, 1.54) is 0 Å². The molecule has 1 aromatic rings. The fraction of sp³-hybridized carbons (Fsp3) is 0.529. The molecule has 0 fully saturated rings. The van der Waals surface area contributed by atoms with Crippen molar-refractivity contribution in [1.29, 1.82) is 0 Å². The van der Waals surface area contributed by atoms with Gasteiger partial charge in [-0.1, -0.05) is 58.0 Å². The zero-order valence-corrected chi connectivity index (χ0v) is 31.1. The Morgan fingerprint density at radius 3 is 1.62 bits per heavy atom. The molecule has 0 bridgehead atoms. The first kappa shape index (κ1) is 46.9. The number of nitrogens with two attached hydrogens (primary N) is 1. The molecule has 0 saturated heterocycles. The summed E-state index contributed by atoms with van der Waals surface area (Å²) in [7, 11) is 0. The predicted octanol–water partition coefficient (Wildman–Crippen LogP) is -4.15. The van der Waals surface area contributed by atoms with E-state index in [0.29, 0.717) is 5.56 Å². The Morgan fingerprint density at radius 2 is 1.09 bits per heavy atom. The van der Waals surface area contributed by atoms with Gasteiger partial charge in [0.05, 0.1) is 32.6 Å². The van der Waals surface area contributed by atoms with Gasteiger partial charge >= 0.3 is 11.9 Å². The maximum atomic E-state index is 13.3. The van der Waals surface area contributed by atoms with Crippen LogP contribution in [0.15, 0.2) is 30.3 Å². The van der Waals surface area contributed by atoms with Crippen molar-refractivity contribution in [3.8, 4) is 0 Å². The molecule has 0 aliphatic rings. The number of carboxylic acids is 2. The van der Waals surface area contributed by atoms with Gasteiger partial charge in [-0.05, 0) is 23.8 Å². The lowest BCUT2D eigenvalue weighted by Gasteiger charge is -2.25. The SMILES string of the molecule is CC(C)C[C@H](NC(=O)[C@H](CC(=O)O)NC(=O)[C@H](Cc1ccccc1)NC(=O)CN)C(=O)NCC(=O)NCC(=O)NCC(=O)N[C@H](C(=O)NCC(=O)O)C(C)C. The van der Waals surface area contributed by atoms with Gasteiger partial charge in [-0.15, -0.1) is 0 Å². The van der Waals surface area contributed by atoms with E-state index in [9.17, 15) is 53.1 Å². The van der Waals surface area contributed by atoms with Crippen LogP contribution in [0.1, 0.15) is 46.1 Å². The summed E-state index contributed by atoms with van der Waals surface area (Å²) in [6.45, 7) is 3.80. The van der Waals surface area contributed by atoms with Crippen LogP contribution in [0.5, 0.6) is 0 Å². The highest BCUT2D eigenvalue weighted by Crippen LogP contribution is 2.08. The molecule has 1 rings (SSSR count). The maximum Gasteiger partial charge on any atom is 0.322 e. The standard InChI is InChI=1S/C34H51N9O12/c1-18(2)10-21(41-33(54)23(12-28(48)49)42-32(53)22(40-24(44)13-35)11-20-8-6-5-7-9-20)31(52)38-15-26(46)36-14-25(45)37-16-27(47)43-30(19(3)4)34(55)39-17-29(50)51/h5-9,18-19,21-23,30H,10-17,35H2,1-4H3,(H,36,46)(H,37,45)(H,38,52)(H,39,55)(H,40,44)(H,41,54)(H,42,53)(H,43,47)(H,48,49)(H,50,51)/t21-,22-,23-,30-/m0/s1. The van der Waals surface area contributed by atoms with E-state index < -0.39 is 128 Å². The normalized spacial score (nSPS) is 12.9. The minimum Gasteiger partial charge on any atom is -0.481 e. The Balaban J connectivity index is 2.80. The number of hydrogen-bond donors (Lipinski definition) is 11. The number of amides is 8. The molecule has 304 valence electrons. The largest absolute Gasteiger partial charge is 0.481 e. The van der Waals surface area contributed by atoms with Gasteiger partial charge in [0.25, 0.3) is 0 Å². The van der Waals surface area contributed by atoms with Crippen LogP contribution in [0.25, 0.3) is 0 Å². The van der Waals surface area contributed by atoms with Crippen molar-refractivity contribution in [3.05, 3.63) is 35.9 Å².